The SMILES string of the molecule is O=C(NCC(Cc1cnc[nH]1)C(=O)O)OCc1ccccc1. The summed E-state index contributed by atoms with van der Waals surface area (Å²) in [5.74, 6) is -1.73. The summed E-state index contributed by atoms with van der Waals surface area (Å²) in [6.07, 6.45) is 2.66. The summed E-state index contributed by atoms with van der Waals surface area (Å²) in [6, 6.07) is 9.25. The van der Waals surface area contributed by atoms with Gasteiger partial charge in [0.2, 0.25) is 0 Å². The molecule has 2 aromatic rings. The first-order valence-corrected chi connectivity index (χ1v) is 6.79. The number of hydrogen-bond acceptors (Lipinski definition) is 4. The average molecular weight is 303 g/mol. The van der Waals surface area contributed by atoms with Gasteiger partial charge in [-0.3, -0.25) is 4.79 Å². The van der Waals surface area contributed by atoms with Gasteiger partial charge in [-0.05, 0) is 5.56 Å². The fourth-order valence-electron chi connectivity index (χ4n) is 1.89. The lowest BCUT2D eigenvalue weighted by Gasteiger charge is -2.12. The number of benzene rings is 1. The molecule has 1 aromatic heterocycles. The number of carbonyl (C=O) groups is 2. The van der Waals surface area contributed by atoms with Gasteiger partial charge in [-0.25, -0.2) is 9.78 Å². The summed E-state index contributed by atoms with van der Waals surface area (Å²) in [4.78, 5) is 29.5. The quantitative estimate of drug-likeness (QED) is 0.720. The van der Waals surface area contributed by atoms with E-state index < -0.39 is 18.0 Å². The van der Waals surface area contributed by atoms with Crippen LogP contribution in [-0.4, -0.2) is 33.7 Å². The van der Waals surface area contributed by atoms with Crippen LogP contribution in [0.4, 0.5) is 4.79 Å². The van der Waals surface area contributed by atoms with Crippen molar-refractivity contribution in [3.05, 3.63) is 54.1 Å². The summed E-state index contributed by atoms with van der Waals surface area (Å²) in [5.41, 5.74) is 1.57. The number of aromatic amines is 1. The lowest BCUT2D eigenvalue weighted by Crippen LogP contribution is -2.34. The van der Waals surface area contributed by atoms with E-state index in [1.807, 2.05) is 30.3 Å². The molecule has 7 heteroatoms. The molecule has 1 heterocycles. The van der Waals surface area contributed by atoms with Crippen molar-refractivity contribution in [2.75, 3.05) is 6.54 Å². The van der Waals surface area contributed by atoms with Crippen molar-refractivity contribution >= 4 is 12.1 Å². The Labute approximate surface area is 127 Å². The highest BCUT2D eigenvalue weighted by atomic mass is 16.5. The van der Waals surface area contributed by atoms with Crippen LogP contribution in [0.2, 0.25) is 0 Å². The molecule has 1 unspecified atom stereocenters. The van der Waals surface area contributed by atoms with Crippen molar-refractivity contribution in [2.45, 2.75) is 13.0 Å². The van der Waals surface area contributed by atoms with Gasteiger partial charge in [0.05, 0.1) is 12.2 Å². The number of aromatic nitrogens is 2. The Kier molecular flexibility index (Phi) is 5.53. The van der Waals surface area contributed by atoms with Crippen molar-refractivity contribution in [3.8, 4) is 0 Å². The van der Waals surface area contributed by atoms with Gasteiger partial charge in [0.15, 0.2) is 0 Å². The molecular formula is C15H17N3O4. The number of hydrogen-bond donors (Lipinski definition) is 3. The Morgan fingerprint density at radius 1 is 1.32 bits per heavy atom. The zero-order valence-corrected chi connectivity index (χ0v) is 11.9. The van der Waals surface area contributed by atoms with E-state index in [0.29, 0.717) is 5.69 Å². The van der Waals surface area contributed by atoms with Gasteiger partial charge < -0.3 is 20.1 Å². The summed E-state index contributed by atoms with van der Waals surface area (Å²) in [6.45, 7) is 0.132. The summed E-state index contributed by atoms with van der Waals surface area (Å²) in [7, 11) is 0. The molecule has 0 spiro atoms. The Balaban J connectivity index is 1.76. The molecule has 7 nitrogen and oxygen atoms in total. The number of imidazole rings is 1. The first-order valence-electron chi connectivity index (χ1n) is 6.79. The van der Waals surface area contributed by atoms with E-state index in [1.165, 1.54) is 6.33 Å². The van der Waals surface area contributed by atoms with Crippen LogP contribution in [0.15, 0.2) is 42.9 Å². The molecule has 0 aliphatic heterocycles. The van der Waals surface area contributed by atoms with Gasteiger partial charge >= 0.3 is 12.1 Å². The number of carboxylic acids is 1. The zero-order valence-electron chi connectivity index (χ0n) is 11.9. The highest BCUT2D eigenvalue weighted by molar-refractivity contribution is 5.72. The number of ether oxygens (including phenoxy) is 1. The van der Waals surface area contributed by atoms with Crippen LogP contribution in [0.5, 0.6) is 0 Å². The summed E-state index contributed by atoms with van der Waals surface area (Å²) >= 11 is 0. The van der Waals surface area contributed by atoms with Gasteiger partial charge in [0.1, 0.15) is 6.61 Å². The normalized spacial score (nSPS) is 11.6. The van der Waals surface area contributed by atoms with Gasteiger partial charge in [-0.15, -0.1) is 0 Å². The van der Waals surface area contributed by atoms with Crippen LogP contribution in [0.25, 0.3) is 0 Å². The molecule has 116 valence electrons. The Bertz CT molecular complexity index is 599. The maximum absolute atomic E-state index is 11.6. The Morgan fingerprint density at radius 3 is 2.73 bits per heavy atom. The molecule has 0 radical (unpaired) electrons. The molecule has 2 rings (SSSR count). The largest absolute Gasteiger partial charge is 0.481 e. The van der Waals surface area contributed by atoms with Crippen LogP contribution in [0, 0.1) is 5.92 Å². The molecule has 1 aromatic carbocycles. The minimum atomic E-state index is -0.988. The van der Waals surface area contributed by atoms with E-state index >= 15 is 0 Å². The van der Waals surface area contributed by atoms with Crippen LogP contribution in [0.3, 0.4) is 0 Å². The highest BCUT2D eigenvalue weighted by Crippen LogP contribution is 2.06. The summed E-state index contributed by atoms with van der Waals surface area (Å²) < 4.78 is 5.03. The smallest absolute Gasteiger partial charge is 0.407 e. The topological polar surface area (TPSA) is 104 Å². The number of amides is 1. The van der Waals surface area contributed by atoms with Crippen LogP contribution >= 0.6 is 0 Å². The third kappa shape index (κ3) is 4.93. The minimum Gasteiger partial charge on any atom is -0.481 e. The maximum Gasteiger partial charge on any atom is 0.407 e. The van der Waals surface area contributed by atoms with E-state index in [1.54, 1.807) is 6.20 Å². The molecule has 0 bridgehead atoms. The predicted octanol–water partition coefficient (Wildman–Crippen LogP) is 1.58. The average Bonchev–Trinajstić information content (AvgIpc) is 3.03. The predicted molar refractivity (Wildman–Crippen MR) is 78.0 cm³/mol. The second-order valence-corrected chi connectivity index (χ2v) is 4.76. The second kappa shape index (κ2) is 7.82. The molecule has 1 amide bonds. The van der Waals surface area contributed by atoms with Gasteiger partial charge in [-0.2, -0.15) is 0 Å². The van der Waals surface area contributed by atoms with Gasteiger partial charge in [0, 0.05) is 24.9 Å². The van der Waals surface area contributed by atoms with E-state index in [9.17, 15) is 9.59 Å². The number of rotatable bonds is 7. The second-order valence-electron chi connectivity index (χ2n) is 4.76. The zero-order chi connectivity index (χ0) is 15.8. The first kappa shape index (κ1) is 15.6. The van der Waals surface area contributed by atoms with Crippen molar-refractivity contribution in [3.63, 3.8) is 0 Å². The van der Waals surface area contributed by atoms with Crippen molar-refractivity contribution in [1.82, 2.24) is 15.3 Å². The molecule has 0 saturated heterocycles. The third-order valence-corrected chi connectivity index (χ3v) is 3.08. The van der Waals surface area contributed by atoms with Crippen molar-refractivity contribution in [2.24, 2.45) is 5.92 Å². The lowest BCUT2D eigenvalue weighted by molar-refractivity contribution is -0.141. The molecule has 3 N–H and O–H groups in total. The highest BCUT2D eigenvalue weighted by Gasteiger charge is 2.20. The standard InChI is InChI=1S/C15H17N3O4/c19-14(20)12(6-13-8-16-10-18-13)7-17-15(21)22-9-11-4-2-1-3-5-11/h1-5,8,10,12H,6-7,9H2,(H,16,18)(H,17,21)(H,19,20). The number of carbonyl (C=O) groups excluding carboxylic acids is 1. The van der Waals surface area contributed by atoms with Crippen LogP contribution in [-0.2, 0) is 22.6 Å². The molecule has 0 aliphatic carbocycles. The molecule has 22 heavy (non-hydrogen) atoms. The fourth-order valence-corrected chi connectivity index (χ4v) is 1.89. The molecule has 0 saturated carbocycles. The first-order chi connectivity index (χ1) is 10.6. The van der Waals surface area contributed by atoms with E-state index in [4.69, 9.17) is 9.84 Å². The number of aliphatic carboxylic acids is 1. The number of alkyl carbamates (subject to hydrolysis) is 1. The van der Waals surface area contributed by atoms with Gasteiger partial charge in [-0.1, -0.05) is 30.3 Å². The third-order valence-electron chi connectivity index (χ3n) is 3.08. The van der Waals surface area contributed by atoms with Crippen molar-refractivity contribution in [1.29, 1.82) is 0 Å². The molecular weight excluding hydrogens is 286 g/mol. The Morgan fingerprint density at radius 2 is 2.09 bits per heavy atom. The Hall–Kier alpha value is -2.83. The lowest BCUT2D eigenvalue weighted by atomic mass is 10.0. The minimum absolute atomic E-state index is 0.0119. The van der Waals surface area contributed by atoms with Crippen molar-refractivity contribution < 1.29 is 19.4 Å². The fraction of sp³-hybridized carbons (Fsp3) is 0.267. The summed E-state index contributed by atoms with van der Waals surface area (Å²) in [5, 5.41) is 11.6. The number of carboxylic acid groups (broad SMARTS) is 1. The van der Waals surface area contributed by atoms with E-state index in [0.717, 1.165) is 5.56 Å². The number of H-pyrrole nitrogens is 1. The van der Waals surface area contributed by atoms with E-state index in [2.05, 4.69) is 15.3 Å². The van der Waals surface area contributed by atoms with Crippen LogP contribution < -0.4 is 5.32 Å². The van der Waals surface area contributed by atoms with Gasteiger partial charge in [0.25, 0.3) is 0 Å². The molecule has 0 aliphatic rings. The van der Waals surface area contributed by atoms with E-state index in [-0.39, 0.29) is 19.6 Å². The monoisotopic (exact) mass is 303 g/mol. The molecule has 1 atom stereocenters. The molecule has 0 fully saturated rings. The maximum atomic E-state index is 11.6. The number of nitrogens with zero attached hydrogens (tertiary/aromatic N) is 1. The van der Waals surface area contributed by atoms with Crippen LogP contribution in [0.1, 0.15) is 11.3 Å². The number of nitrogens with one attached hydrogen (secondary N) is 2.